The molecule has 3 rings (SSSR count). The minimum Gasteiger partial charge on any atom is -0.289 e. The van der Waals surface area contributed by atoms with E-state index >= 15 is 0 Å². The summed E-state index contributed by atoms with van der Waals surface area (Å²) in [5.41, 5.74) is 2.81. The number of carbonyl (C=O) groups excluding carboxylic acids is 1. The second-order valence-corrected chi connectivity index (χ2v) is 4.34. The number of aryl methyl sites for hydroxylation is 1. The number of rotatable bonds is 1. The topological polar surface area (TPSA) is 60.2 Å². The van der Waals surface area contributed by atoms with Gasteiger partial charge < -0.3 is 0 Å². The molecule has 4 heteroatoms. The summed E-state index contributed by atoms with van der Waals surface area (Å²) in [7, 11) is 0. The van der Waals surface area contributed by atoms with Crippen LogP contribution < -0.4 is 0 Å². The van der Waals surface area contributed by atoms with Gasteiger partial charge in [0.05, 0.1) is 10.5 Å². The third-order valence-electron chi connectivity index (χ3n) is 3.14. The fraction of sp³-hybridized carbons (Fsp3) is 0.0714. The fourth-order valence-electron chi connectivity index (χ4n) is 2.42. The Hall–Kier alpha value is -2.49. The summed E-state index contributed by atoms with van der Waals surface area (Å²) in [6, 6.07) is 10.2. The van der Waals surface area contributed by atoms with Gasteiger partial charge in [-0.25, -0.2) is 0 Å². The molecule has 1 aliphatic carbocycles. The Labute approximate surface area is 103 Å². The highest BCUT2D eigenvalue weighted by atomic mass is 16.6. The minimum absolute atomic E-state index is 0.00306. The number of nitrogens with zero attached hydrogens (tertiary/aromatic N) is 1. The Morgan fingerprint density at radius 2 is 1.72 bits per heavy atom. The maximum atomic E-state index is 12.2. The van der Waals surface area contributed by atoms with Gasteiger partial charge in [0.25, 0.3) is 5.69 Å². The lowest BCUT2D eigenvalue weighted by molar-refractivity contribution is -0.384. The summed E-state index contributed by atoms with van der Waals surface area (Å²) in [5, 5.41) is 11.1. The third kappa shape index (κ3) is 1.29. The molecule has 2 aromatic carbocycles. The summed E-state index contributed by atoms with van der Waals surface area (Å²) in [5.74, 6) is -0.132. The molecule has 0 fully saturated rings. The maximum absolute atomic E-state index is 12.2. The zero-order chi connectivity index (χ0) is 12.9. The minimum atomic E-state index is -0.429. The van der Waals surface area contributed by atoms with Crippen LogP contribution >= 0.6 is 0 Å². The van der Waals surface area contributed by atoms with Crippen LogP contribution in [0.25, 0.3) is 11.1 Å². The van der Waals surface area contributed by atoms with Crippen LogP contribution in [0.3, 0.4) is 0 Å². The Morgan fingerprint density at radius 3 is 2.39 bits per heavy atom. The van der Waals surface area contributed by atoms with Gasteiger partial charge in [-0.15, -0.1) is 0 Å². The molecule has 0 aromatic heterocycles. The van der Waals surface area contributed by atoms with Crippen LogP contribution in [0, 0.1) is 17.0 Å². The van der Waals surface area contributed by atoms with Gasteiger partial charge in [0, 0.05) is 22.8 Å². The van der Waals surface area contributed by atoms with Gasteiger partial charge in [-0.2, -0.15) is 0 Å². The van der Waals surface area contributed by atoms with E-state index in [1.807, 2.05) is 0 Å². The highest BCUT2D eigenvalue weighted by Gasteiger charge is 2.32. The number of hydrogen-bond acceptors (Lipinski definition) is 3. The average Bonchev–Trinajstić information content (AvgIpc) is 2.63. The fourth-order valence-corrected chi connectivity index (χ4v) is 2.42. The van der Waals surface area contributed by atoms with E-state index in [1.54, 1.807) is 37.3 Å². The molecule has 0 unspecified atom stereocenters. The summed E-state index contributed by atoms with van der Waals surface area (Å²) in [6.45, 7) is 1.75. The van der Waals surface area contributed by atoms with Crippen molar-refractivity contribution in [3.63, 3.8) is 0 Å². The average molecular weight is 239 g/mol. The van der Waals surface area contributed by atoms with Gasteiger partial charge in [0.1, 0.15) is 0 Å². The van der Waals surface area contributed by atoms with E-state index in [4.69, 9.17) is 0 Å². The van der Waals surface area contributed by atoms with Crippen molar-refractivity contribution in [3.8, 4) is 11.1 Å². The van der Waals surface area contributed by atoms with Crippen LogP contribution in [0.15, 0.2) is 36.4 Å². The smallest absolute Gasteiger partial charge is 0.278 e. The van der Waals surface area contributed by atoms with E-state index in [0.29, 0.717) is 22.3 Å². The van der Waals surface area contributed by atoms with E-state index in [2.05, 4.69) is 0 Å². The molecule has 18 heavy (non-hydrogen) atoms. The first-order valence-electron chi connectivity index (χ1n) is 5.52. The van der Waals surface area contributed by atoms with Crippen molar-refractivity contribution >= 4 is 11.5 Å². The van der Waals surface area contributed by atoms with Crippen LogP contribution in [0.2, 0.25) is 0 Å². The third-order valence-corrected chi connectivity index (χ3v) is 3.14. The first-order valence-corrected chi connectivity index (χ1v) is 5.52. The molecular formula is C14H9NO3. The van der Waals surface area contributed by atoms with E-state index in [0.717, 1.165) is 5.56 Å². The van der Waals surface area contributed by atoms with Gasteiger partial charge in [-0.05, 0) is 18.6 Å². The molecule has 4 nitrogen and oxygen atoms in total. The number of nitro benzene ring substituents is 1. The second-order valence-electron chi connectivity index (χ2n) is 4.34. The van der Waals surface area contributed by atoms with Crippen molar-refractivity contribution in [2.24, 2.45) is 0 Å². The Balaban J connectivity index is 2.43. The molecule has 0 saturated heterocycles. The van der Waals surface area contributed by atoms with Crippen molar-refractivity contribution < 1.29 is 9.72 Å². The molecule has 0 N–H and O–H groups in total. The van der Waals surface area contributed by atoms with Gasteiger partial charge in [-0.1, -0.05) is 24.3 Å². The monoisotopic (exact) mass is 239 g/mol. The van der Waals surface area contributed by atoms with Crippen LogP contribution in [-0.2, 0) is 0 Å². The lowest BCUT2D eigenvalue weighted by Crippen LogP contribution is -1.97. The lowest BCUT2D eigenvalue weighted by Gasteiger charge is -2.02. The van der Waals surface area contributed by atoms with Crippen molar-refractivity contribution in [1.29, 1.82) is 0 Å². The summed E-state index contributed by atoms with van der Waals surface area (Å²) in [6.07, 6.45) is 0. The van der Waals surface area contributed by atoms with Gasteiger partial charge in [-0.3, -0.25) is 14.9 Å². The highest BCUT2D eigenvalue weighted by Crippen LogP contribution is 2.42. The first kappa shape index (κ1) is 10.7. The predicted molar refractivity (Wildman–Crippen MR) is 66.7 cm³/mol. The second kappa shape index (κ2) is 3.50. The summed E-state index contributed by atoms with van der Waals surface area (Å²) >= 11 is 0. The standard InChI is InChI=1S/C14H9NO3/c1-8-6-11-13(12(7-8)15(17)18)9-4-2-3-5-10(9)14(11)16/h2-7H,1H3. The molecule has 0 spiro atoms. The van der Waals surface area contributed by atoms with E-state index < -0.39 is 4.92 Å². The van der Waals surface area contributed by atoms with Crippen molar-refractivity contribution in [2.75, 3.05) is 0 Å². The normalized spacial score (nSPS) is 12.2. The van der Waals surface area contributed by atoms with Gasteiger partial charge >= 0.3 is 0 Å². The maximum Gasteiger partial charge on any atom is 0.278 e. The zero-order valence-electron chi connectivity index (χ0n) is 9.64. The molecule has 88 valence electrons. The molecule has 0 saturated carbocycles. The molecule has 0 atom stereocenters. The van der Waals surface area contributed by atoms with Gasteiger partial charge in [0.2, 0.25) is 0 Å². The van der Waals surface area contributed by atoms with Crippen molar-refractivity contribution in [3.05, 3.63) is 63.2 Å². The molecule has 0 radical (unpaired) electrons. The van der Waals surface area contributed by atoms with Crippen LogP contribution in [0.1, 0.15) is 21.5 Å². The molecule has 2 aromatic rings. The van der Waals surface area contributed by atoms with Crippen LogP contribution in [0.4, 0.5) is 5.69 Å². The van der Waals surface area contributed by atoms with Crippen molar-refractivity contribution in [2.45, 2.75) is 6.92 Å². The SMILES string of the molecule is Cc1cc2c(c([N+](=O)[O-])c1)-c1ccccc1C2=O. The van der Waals surface area contributed by atoms with Crippen molar-refractivity contribution in [1.82, 2.24) is 0 Å². The number of benzene rings is 2. The number of fused-ring (bicyclic) bond motifs is 3. The summed E-state index contributed by atoms with van der Waals surface area (Å²) < 4.78 is 0. The molecule has 0 amide bonds. The molecule has 0 heterocycles. The van der Waals surface area contributed by atoms with Crippen LogP contribution in [-0.4, -0.2) is 10.7 Å². The summed E-state index contributed by atoms with van der Waals surface area (Å²) in [4.78, 5) is 22.9. The number of carbonyl (C=O) groups is 1. The Kier molecular flexibility index (Phi) is 2.07. The van der Waals surface area contributed by atoms with Crippen LogP contribution in [0.5, 0.6) is 0 Å². The highest BCUT2D eigenvalue weighted by molar-refractivity contribution is 6.23. The lowest BCUT2D eigenvalue weighted by atomic mass is 10.0. The quantitative estimate of drug-likeness (QED) is 0.484. The Morgan fingerprint density at radius 1 is 1.06 bits per heavy atom. The number of hydrogen-bond donors (Lipinski definition) is 0. The van der Waals surface area contributed by atoms with E-state index in [9.17, 15) is 14.9 Å². The molecule has 1 aliphatic rings. The largest absolute Gasteiger partial charge is 0.289 e. The number of nitro groups is 1. The molecular weight excluding hydrogens is 230 g/mol. The number of ketones is 1. The predicted octanol–water partition coefficient (Wildman–Crippen LogP) is 3.11. The van der Waals surface area contributed by atoms with E-state index in [1.165, 1.54) is 6.07 Å². The van der Waals surface area contributed by atoms with E-state index in [-0.39, 0.29) is 11.5 Å². The molecule has 0 aliphatic heterocycles. The van der Waals surface area contributed by atoms with Gasteiger partial charge in [0.15, 0.2) is 5.78 Å². The Bertz CT molecular complexity index is 704. The zero-order valence-corrected chi connectivity index (χ0v) is 9.64. The molecule has 0 bridgehead atoms. The first-order chi connectivity index (χ1) is 8.59.